The minimum absolute atomic E-state index is 0.510. The molecule has 38 heavy (non-hydrogen) atoms. The van der Waals surface area contributed by atoms with Crippen LogP contribution >= 0.6 is 0 Å². The van der Waals surface area contributed by atoms with E-state index in [1.165, 1.54) is 89.0 Å². The van der Waals surface area contributed by atoms with Gasteiger partial charge in [-0.3, -0.25) is 4.98 Å². The number of hydrogen-bond acceptors (Lipinski definition) is 2. The van der Waals surface area contributed by atoms with E-state index in [0.29, 0.717) is 10.8 Å². The quantitative estimate of drug-likeness (QED) is 0.351. The Hall–Kier alpha value is -0.890. The molecule has 10 atom stereocenters. The summed E-state index contributed by atoms with van der Waals surface area (Å²) in [5.74, 6) is 7.41. The van der Waals surface area contributed by atoms with Gasteiger partial charge < -0.3 is 5.11 Å². The fourth-order valence-electron chi connectivity index (χ4n) is 11.4. The Morgan fingerprint density at radius 2 is 1.61 bits per heavy atom. The molecule has 5 rings (SSSR count). The number of aryl methyl sites for hydroxylation is 1. The molecule has 1 heterocycles. The Kier molecular flexibility index (Phi) is 8.42. The molecule has 0 amide bonds. The topological polar surface area (TPSA) is 33.1 Å². The van der Waals surface area contributed by atoms with Gasteiger partial charge in [0.05, 0.1) is 5.60 Å². The molecule has 0 aromatic carbocycles. The van der Waals surface area contributed by atoms with Crippen LogP contribution in [0.3, 0.4) is 0 Å². The average molecular weight is 522 g/mol. The largest absolute Gasteiger partial charge is 0.390 e. The maximum atomic E-state index is 10.2. The molecule has 4 aliphatic rings. The standard InChI is InChI=1S/C36H59NO/c1-25(9-8-20-34(3,4)38)30-14-15-32-29-12-13-31-26(2)28(11-7-10-27-18-23-37-24-19-27)16-21-36(31,6)33(29)17-22-35(30,32)5/h18-19,23-26,28-33,38H,7-17,20-22H2,1-6H3/t25-,26+,28+,29+,30-,31+,32+,33+,35-,36+/m1/s1. The van der Waals surface area contributed by atoms with Crippen LogP contribution in [0.1, 0.15) is 131 Å². The zero-order valence-corrected chi connectivity index (χ0v) is 25.7. The van der Waals surface area contributed by atoms with E-state index in [1.807, 2.05) is 26.2 Å². The van der Waals surface area contributed by atoms with Gasteiger partial charge in [-0.25, -0.2) is 0 Å². The van der Waals surface area contributed by atoms with Crippen molar-refractivity contribution in [1.29, 1.82) is 0 Å². The molecular weight excluding hydrogens is 462 g/mol. The molecule has 0 radical (unpaired) electrons. The Morgan fingerprint density at radius 1 is 0.921 bits per heavy atom. The van der Waals surface area contributed by atoms with Gasteiger partial charge in [0.1, 0.15) is 0 Å². The number of pyridine rings is 1. The van der Waals surface area contributed by atoms with E-state index in [4.69, 9.17) is 0 Å². The number of fused-ring (bicyclic) bond motifs is 5. The molecule has 0 bridgehead atoms. The van der Waals surface area contributed by atoms with E-state index in [-0.39, 0.29) is 0 Å². The summed E-state index contributed by atoms with van der Waals surface area (Å²) in [5, 5.41) is 10.2. The highest BCUT2D eigenvalue weighted by atomic mass is 16.3. The molecule has 4 saturated carbocycles. The lowest BCUT2D eigenvalue weighted by Crippen LogP contribution is -2.55. The van der Waals surface area contributed by atoms with Crippen molar-refractivity contribution >= 4 is 0 Å². The molecule has 0 unspecified atom stereocenters. The molecule has 214 valence electrons. The van der Waals surface area contributed by atoms with Crippen LogP contribution in [0, 0.1) is 58.2 Å². The van der Waals surface area contributed by atoms with Crippen LogP contribution in [-0.2, 0) is 6.42 Å². The van der Waals surface area contributed by atoms with Crippen molar-refractivity contribution in [3.05, 3.63) is 30.1 Å². The van der Waals surface area contributed by atoms with Crippen molar-refractivity contribution in [3.8, 4) is 0 Å². The predicted molar refractivity (Wildman–Crippen MR) is 160 cm³/mol. The molecule has 0 saturated heterocycles. The van der Waals surface area contributed by atoms with E-state index >= 15 is 0 Å². The number of aliphatic hydroxyl groups is 1. The van der Waals surface area contributed by atoms with Crippen LogP contribution in [0.25, 0.3) is 0 Å². The van der Waals surface area contributed by atoms with Crippen LogP contribution in [0.15, 0.2) is 24.5 Å². The van der Waals surface area contributed by atoms with E-state index in [1.54, 1.807) is 0 Å². The third-order valence-electron chi connectivity index (χ3n) is 13.4. The van der Waals surface area contributed by atoms with Crippen LogP contribution in [0.4, 0.5) is 0 Å². The summed E-state index contributed by atoms with van der Waals surface area (Å²) in [7, 11) is 0. The lowest BCUT2D eigenvalue weighted by atomic mass is 9.42. The van der Waals surface area contributed by atoms with Crippen molar-refractivity contribution in [3.63, 3.8) is 0 Å². The highest BCUT2D eigenvalue weighted by Crippen LogP contribution is 2.69. The van der Waals surface area contributed by atoms with Crippen LogP contribution in [0.2, 0.25) is 0 Å². The first-order valence-corrected chi connectivity index (χ1v) is 16.6. The molecule has 1 aromatic rings. The smallest absolute Gasteiger partial charge is 0.0591 e. The number of aromatic nitrogens is 1. The normalized spacial score (nSPS) is 41.7. The van der Waals surface area contributed by atoms with Gasteiger partial charge in [0.25, 0.3) is 0 Å². The zero-order chi connectivity index (χ0) is 27.1. The lowest BCUT2D eigenvalue weighted by Gasteiger charge is -2.63. The average Bonchev–Trinajstić information content (AvgIpc) is 3.23. The van der Waals surface area contributed by atoms with E-state index in [9.17, 15) is 5.11 Å². The van der Waals surface area contributed by atoms with Crippen molar-refractivity contribution in [2.75, 3.05) is 0 Å². The predicted octanol–water partition coefficient (Wildman–Crippen LogP) is 9.50. The summed E-state index contributed by atoms with van der Waals surface area (Å²) in [6.45, 7) is 14.6. The van der Waals surface area contributed by atoms with Crippen molar-refractivity contribution in [2.24, 2.45) is 58.2 Å². The van der Waals surface area contributed by atoms with E-state index in [0.717, 1.165) is 53.8 Å². The molecule has 2 nitrogen and oxygen atoms in total. The van der Waals surface area contributed by atoms with Crippen LogP contribution in [0.5, 0.6) is 0 Å². The van der Waals surface area contributed by atoms with Gasteiger partial charge in [0.2, 0.25) is 0 Å². The first-order chi connectivity index (χ1) is 18.0. The SMILES string of the molecule is C[C@H]1[C@@H](CCCc2ccncc2)CC[C@@]2(C)[C@H]1CC[C@@H]1[C@@H]2CC[C@]2(C)[C@@H]([C@H](C)CCCC(C)(C)O)CC[C@@H]12. The van der Waals surface area contributed by atoms with Gasteiger partial charge in [0, 0.05) is 12.4 Å². The summed E-state index contributed by atoms with van der Waals surface area (Å²) in [6, 6.07) is 4.40. The van der Waals surface area contributed by atoms with Gasteiger partial charge in [-0.15, -0.1) is 0 Å². The van der Waals surface area contributed by atoms with Crippen molar-refractivity contribution in [1.82, 2.24) is 4.98 Å². The molecule has 1 aromatic heterocycles. The Balaban J connectivity index is 1.20. The summed E-state index contributed by atoms with van der Waals surface area (Å²) >= 11 is 0. The molecule has 4 fully saturated rings. The van der Waals surface area contributed by atoms with Crippen LogP contribution < -0.4 is 0 Å². The van der Waals surface area contributed by atoms with Gasteiger partial charge in [-0.2, -0.15) is 0 Å². The van der Waals surface area contributed by atoms with Crippen molar-refractivity contribution < 1.29 is 5.11 Å². The van der Waals surface area contributed by atoms with Gasteiger partial charge in [0.15, 0.2) is 0 Å². The second-order valence-electron chi connectivity index (χ2n) is 15.9. The monoisotopic (exact) mass is 521 g/mol. The van der Waals surface area contributed by atoms with Gasteiger partial charge in [-0.05, 0) is 167 Å². The molecule has 0 spiro atoms. The maximum Gasteiger partial charge on any atom is 0.0591 e. The maximum absolute atomic E-state index is 10.2. The number of hydrogen-bond donors (Lipinski definition) is 1. The fourth-order valence-corrected chi connectivity index (χ4v) is 11.4. The lowest BCUT2D eigenvalue weighted by molar-refractivity contribution is -0.138. The second-order valence-corrected chi connectivity index (χ2v) is 15.9. The van der Waals surface area contributed by atoms with Crippen molar-refractivity contribution in [2.45, 2.75) is 137 Å². The molecule has 1 N–H and O–H groups in total. The summed E-state index contributed by atoms with van der Waals surface area (Å²) in [5.41, 5.74) is 2.10. The minimum Gasteiger partial charge on any atom is -0.390 e. The second kappa shape index (κ2) is 11.2. The van der Waals surface area contributed by atoms with Crippen LogP contribution in [-0.4, -0.2) is 15.7 Å². The molecule has 4 aliphatic carbocycles. The number of nitrogens with zero attached hydrogens (tertiary/aromatic N) is 1. The summed E-state index contributed by atoms with van der Waals surface area (Å²) < 4.78 is 0. The summed E-state index contributed by atoms with van der Waals surface area (Å²) in [4.78, 5) is 4.19. The van der Waals surface area contributed by atoms with E-state index in [2.05, 4.69) is 44.8 Å². The number of rotatable bonds is 9. The Morgan fingerprint density at radius 3 is 2.34 bits per heavy atom. The Bertz CT molecular complexity index is 906. The molecule has 0 aliphatic heterocycles. The third-order valence-corrected chi connectivity index (χ3v) is 13.4. The highest BCUT2D eigenvalue weighted by Gasteiger charge is 2.61. The van der Waals surface area contributed by atoms with Gasteiger partial charge in [-0.1, -0.05) is 40.5 Å². The third kappa shape index (κ3) is 5.51. The first-order valence-electron chi connectivity index (χ1n) is 16.6. The van der Waals surface area contributed by atoms with Gasteiger partial charge >= 0.3 is 0 Å². The van der Waals surface area contributed by atoms with E-state index < -0.39 is 5.60 Å². The Labute approximate surface area is 235 Å². The first kappa shape index (κ1) is 28.6. The zero-order valence-electron chi connectivity index (χ0n) is 25.7. The summed E-state index contributed by atoms with van der Waals surface area (Å²) in [6.07, 6.45) is 23.2. The minimum atomic E-state index is -0.510. The fraction of sp³-hybridized carbons (Fsp3) is 0.861. The molecule has 2 heteroatoms. The molecular formula is C36H59NO. The highest BCUT2D eigenvalue weighted by molar-refractivity contribution is 5.11.